The Morgan fingerprint density at radius 1 is 1.24 bits per heavy atom. The number of halogens is 1. The maximum Gasteiger partial charge on any atom is 0.256 e. The molecule has 0 radical (unpaired) electrons. The van der Waals surface area contributed by atoms with E-state index in [4.69, 9.17) is 16.3 Å². The third-order valence-corrected chi connectivity index (χ3v) is 2.84. The minimum absolute atomic E-state index is 0.285. The molecule has 1 aromatic carbocycles. The summed E-state index contributed by atoms with van der Waals surface area (Å²) in [6.45, 7) is 1.22. The number of amides is 1. The number of carbonyl (C=O) groups is 1. The molecule has 7 heteroatoms. The number of nitrogens with one attached hydrogen (secondary N) is 2. The van der Waals surface area contributed by atoms with Crippen LogP contribution in [0.5, 0.6) is 0 Å². The van der Waals surface area contributed by atoms with E-state index in [1.165, 1.54) is 0 Å². The number of benzene rings is 1. The molecule has 0 saturated heterocycles. The Morgan fingerprint density at radius 3 is 2.67 bits per heavy atom. The molecule has 0 atom stereocenters. The van der Waals surface area contributed by atoms with E-state index < -0.39 is 0 Å². The van der Waals surface area contributed by atoms with Gasteiger partial charge in [-0.25, -0.2) is 0 Å². The Morgan fingerprint density at radius 2 is 2.00 bits per heavy atom. The summed E-state index contributed by atoms with van der Waals surface area (Å²) < 4.78 is 4.92. The third kappa shape index (κ3) is 4.70. The second-order valence-electron chi connectivity index (χ2n) is 4.19. The van der Waals surface area contributed by atoms with Crippen LogP contribution in [0.2, 0.25) is 5.02 Å². The van der Waals surface area contributed by atoms with E-state index in [1.54, 1.807) is 43.5 Å². The van der Waals surface area contributed by atoms with Gasteiger partial charge in [0.15, 0.2) is 5.82 Å². The van der Waals surface area contributed by atoms with Gasteiger partial charge in [0.1, 0.15) is 5.82 Å². The molecule has 1 amide bonds. The fraction of sp³-hybridized carbons (Fsp3) is 0.214. The van der Waals surface area contributed by atoms with Crippen molar-refractivity contribution in [2.45, 2.75) is 0 Å². The van der Waals surface area contributed by atoms with Crippen LogP contribution >= 0.6 is 11.6 Å². The Hall–Kier alpha value is -2.18. The predicted octanol–water partition coefficient (Wildman–Crippen LogP) is 2.44. The van der Waals surface area contributed by atoms with E-state index >= 15 is 0 Å². The van der Waals surface area contributed by atoms with Gasteiger partial charge in [0.2, 0.25) is 0 Å². The lowest BCUT2D eigenvalue weighted by atomic mass is 10.2. The van der Waals surface area contributed by atoms with Crippen LogP contribution < -0.4 is 10.6 Å². The SMILES string of the molecule is COCCNc1ccc(NC(=O)c2cccc(Cl)c2)nn1. The second kappa shape index (κ2) is 7.56. The fourth-order valence-corrected chi connectivity index (χ4v) is 1.78. The minimum Gasteiger partial charge on any atom is -0.383 e. The standard InChI is InChI=1S/C14H15ClN4O2/c1-21-8-7-16-12-5-6-13(19-18-12)17-14(20)10-3-2-4-11(15)9-10/h2-6,9H,7-8H2,1H3,(H,16,18)(H,17,19,20). The number of methoxy groups -OCH3 is 1. The smallest absolute Gasteiger partial charge is 0.256 e. The molecule has 0 fully saturated rings. The van der Waals surface area contributed by atoms with Crippen molar-refractivity contribution < 1.29 is 9.53 Å². The van der Waals surface area contributed by atoms with Gasteiger partial charge in [0.05, 0.1) is 6.61 Å². The summed E-state index contributed by atoms with van der Waals surface area (Å²) >= 11 is 5.85. The van der Waals surface area contributed by atoms with Crippen LogP contribution in [0, 0.1) is 0 Å². The molecule has 6 nitrogen and oxygen atoms in total. The zero-order valence-corrected chi connectivity index (χ0v) is 12.2. The Balaban J connectivity index is 1.95. The molecule has 2 aromatic rings. The topological polar surface area (TPSA) is 76.1 Å². The third-order valence-electron chi connectivity index (χ3n) is 2.61. The lowest BCUT2D eigenvalue weighted by Crippen LogP contribution is -2.14. The van der Waals surface area contributed by atoms with Crippen LogP contribution in [-0.2, 0) is 4.74 Å². The number of carbonyl (C=O) groups excluding carboxylic acids is 1. The largest absolute Gasteiger partial charge is 0.383 e. The predicted molar refractivity (Wildman–Crippen MR) is 81.8 cm³/mol. The number of hydrogen-bond acceptors (Lipinski definition) is 5. The highest BCUT2D eigenvalue weighted by Crippen LogP contribution is 2.12. The van der Waals surface area contributed by atoms with Crippen molar-refractivity contribution in [3.05, 3.63) is 47.0 Å². The van der Waals surface area contributed by atoms with Gasteiger partial charge >= 0.3 is 0 Å². The quantitative estimate of drug-likeness (QED) is 0.802. The molecule has 0 saturated carbocycles. The molecule has 1 heterocycles. The summed E-state index contributed by atoms with van der Waals surface area (Å²) in [6, 6.07) is 10.1. The molecule has 1 aromatic heterocycles. The molecule has 0 spiro atoms. The van der Waals surface area contributed by atoms with Crippen LogP contribution in [-0.4, -0.2) is 36.4 Å². The van der Waals surface area contributed by atoms with Crippen molar-refractivity contribution in [2.24, 2.45) is 0 Å². The van der Waals surface area contributed by atoms with Crippen molar-refractivity contribution >= 4 is 29.1 Å². The Bertz CT molecular complexity index is 604. The number of aromatic nitrogens is 2. The van der Waals surface area contributed by atoms with Crippen molar-refractivity contribution in [2.75, 3.05) is 30.9 Å². The molecular weight excluding hydrogens is 292 g/mol. The van der Waals surface area contributed by atoms with E-state index in [9.17, 15) is 4.79 Å². The van der Waals surface area contributed by atoms with E-state index in [0.717, 1.165) is 0 Å². The highest BCUT2D eigenvalue weighted by molar-refractivity contribution is 6.31. The van der Waals surface area contributed by atoms with Gasteiger partial charge in [0.25, 0.3) is 5.91 Å². The van der Waals surface area contributed by atoms with Crippen molar-refractivity contribution in [1.82, 2.24) is 10.2 Å². The maximum absolute atomic E-state index is 12.0. The van der Waals surface area contributed by atoms with Gasteiger partial charge in [-0.2, -0.15) is 0 Å². The van der Waals surface area contributed by atoms with Crippen LogP contribution in [0.1, 0.15) is 10.4 Å². The highest BCUT2D eigenvalue weighted by atomic mass is 35.5. The molecule has 2 N–H and O–H groups in total. The highest BCUT2D eigenvalue weighted by Gasteiger charge is 2.07. The van der Waals surface area contributed by atoms with Crippen LogP contribution in [0.4, 0.5) is 11.6 Å². The monoisotopic (exact) mass is 306 g/mol. The summed E-state index contributed by atoms with van der Waals surface area (Å²) in [5.74, 6) is 0.706. The van der Waals surface area contributed by atoms with Gasteiger partial charge < -0.3 is 15.4 Å². The van der Waals surface area contributed by atoms with E-state index in [-0.39, 0.29) is 5.91 Å². The molecule has 0 unspecified atom stereocenters. The van der Waals surface area contributed by atoms with Crippen molar-refractivity contribution in [3.8, 4) is 0 Å². The molecule has 0 aliphatic carbocycles. The van der Waals surface area contributed by atoms with E-state index in [0.29, 0.717) is 35.4 Å². The van der Waals surface area contributed by atoms with Crippen molar-refractivity contribution in [3.63, 3.8) is 0 Å². The zero-order chi connectivity index (χ0) is 15.1. The summed E-state index contributed by atoms with van der Waals surface area (Å²) in [4.78, 5) is 12.0. The summed E-state index contributed by atoms with van der Waals surface area (Å²) in [5.41, 5.74) is 0.464. The number of rotatable bonds is 6. The first kappa shape index (κ1) is 15.2. The molecular formula is C14H15ClN4O2. The maximum atomic E-state index is 12.0. The first-order chi connectivity index (χ1) is 10.2. The Labute approximate surface area is 127 Å². The number of ether oxygens (including phenoxy) is 1. The molecule has 110 valence electrons. The lowest BCUT2D eigenvalue weighted by molar-refractivity contribution is 0.102. The van der Waals surface area contributed by atoms with Crippen LogP contribution in [0.25, 0.3) is 0 Å². The number of anilines is 2. The molecule has 21 heavy (non-hydrogen) atoms. The van der Waals surface area contributed by atoms with E-state index in [2.05, 4.69) is 20.8 Å². The second-order valence-corrected chi connectivity index (χ2v) is 4.62. The summed E-state index contributed by atoms with van der Waals surface area (Å²) in [6.07, 6.45) is 0. The first-order valence-corrected chi connectivity index (χ1v) is 6.70. The minimum atomic E-state index is -0.285. The molecule has 0 bridgehead atoms. The van der Waals surface area contributed by atoms with E-state index in [1.807, 2.05) is 0 Å². The first-order valence-electron chi connectivity index (χ1n) is 6.32. The number of nitrogens with zero attached hydrogens (tertiary/aromatic N) is 2. The van der Waals surface area contributed by atoms with Gasteiger partial charge in [-0.1, -0.05) is 17.7 Å². The van der Waals surface area contributed by atoms with Gasteiger partial charge in [0, 0.05) is 24.2 Å². The summed E-state index contributed by atoms with van der Waals surface area (Å²) in [5, 5.41) is 14.1. The fourth-order valence-electron chi connectivity index (χ4n) is 1.59. The lowest BCUT2D eigenvalue weighted by Gasteiger charge is -2.06. The number of hydrogen-bond donors (Lipinski definition) is 2. The van der Waals surface area contributed by atoms with Crippen molar-refractivity contribution in [1.29, 1.82) is 0 Å². The summed E-state index contributed by atoms with van der Waals surface area (Å²) in [7, 11) is 1.63. The Kier molecular flexibility index (Phi) is 5.48. The average Bonchev–Trinajstić information content (AvgIpc) is 2.49. The zero-order valence-electron chi connectivity index (χ0n) is 11.5. The average molecular weight is 307 g/mol. The van der Waals surface area contributed by atoms with Gasteiger partial charge in [-0.15, -0.1) is 10.2 Å². The van der Waals surface area contributed by atoms with Gasteiger partial charge in [-0.3, -0.25) is 4.79 Å². The normalized spacial score (nSPS) is 10.2. The van der Waals surface area contributed by atoms with Crippen LogP contribution in [0.3, 0.4) is 0 Å². The molecule has 0 aliphatic rings. The molecule has 0 aliphatic heterocycles. The van der Waals surface area contributed by atoms with Gasteiger partial charge in [-0.05, 0) is 30.3 Å². The van der Waals surface area contributed by atoms with Crippen LogP contribution in [0.15, 0.2) is 36.4 Å². The molecule has 2 rings (SSSR count).